The van der Waals surface area contributed by atoms with Gasteiger partial charge >= 0.3 is 0 Å². The van der Waals surface area contributed by atoms with Gasteiger partial charge in [0.15, 0.2) is 0 Å². The Hall–Kier alpha value is -1.98. The topological polar surface area (TPSA) is 0 Å². The van der Waals surface area contributed by atoms with Gasteiger partial charge in [-0.05, 0) is 111 Å². The molecule has 4 aromatic heterocycles. The summed E-state index contributed by atoms with van der Waals surface area (Å²) in [6.07, 6.45) is 26.6. The first kappa shape index (κ1) is 29.0. The van der Waals surface area contributed by atoms with Crippen LogP contribution in [-0.2, 0) is 12.8 Å². The molecule has 0 aliphatic heterocycles. The first-order chi connectivity index (χ1) is 18.7. The third-order valence-corrected chi connectivity index (χ3v) is 10.7. The highest BCUT2D eigenvalue weighted by molar-refractivity contribution is 7.15. The number of thiophene rings is 4. The highest BCUT2D eigenvalue weighted by Crippen LogP contribution is 2.27. The Labute approximate surface area is 246 Å². The second-order valence-corrected chi connectivity index (χ2v) is 14.4. The normalized spacial score (nSPS) is 12.2. The number of hydrogen-bond acceptors (Lipinski definition) is 4. The fourth-order valence-corrected chi connectivity index (χ4v) is 7.82. The van der Waals surface area contributed by atoms with Crippen molar-refractivity contribution < 1.29 is 0 Å². The van der Waals surface area contributed by atoms with Crippen molar-refractivity contribution in [2.45, 2.75) is 78.1 Å². The Bertz CT molecular complexity index is 1200. The van der Waals surface area contributed by atoms with Gasteiger partial charge in [-0.3, -0.25) is 0 Å². The number of aryl methyl sites for hydroxylation is 2. The van der Waals surface area contributed by atoms with Crippen molar-refractivity contribution in [2.24, 2.45) is 0 Å². The molecule has 0 nitrogen and oxygen atoms in total. The van der Waals surface area contributed by atoms with Crippen LogP contribution in [0.25, 0.3) is 36.5 Å². The van der Waals surface area contributed by atoms with E-state index in [4.69, 9.17) is 0 Å². The summed E-state index contributed by atoms with van der Waals surface area (Å²) in [6, 6.07) is 18.0. The molecule has 0 N–H and O–H groups in total. The Morgan fingerprint density at radius 3 is 1.05 bits per heavy atom. The van der Waals surface area contributed by atoms with E-state index >= 15 is 0 Å². The summed E-state index contributed by atoms with van der Waals surface area (Å²) < 4.78 is 0. The van der Waals surface area contributed by atoms with E-state index < -0.39 is 0 Å². The highest BCUT2D eigenvalue weighted by Gasteiger charge is 2.01. The van der Waals surface area contributed by atoms with Crippen molar-refractivity contribution in [2.75, 3.05) is 0 Å². The zero-order valence-corrected chi connectivity index (χ0v) is 26.1. The van der Waals surface area contributed by atoms with Crippen LogP contribution in [-0.4, -0.2) is 0 Å². The molecule has 0 aliphatic carbocycles. The molecule has 0 atom stereocenters. The summed E-state index contributed by atoms with van der Waals surface area (Å²) in [4.78, 5) is 10.9. The van der Waals surface area contributed by atoms with Crippen molar-refractivity contribution in [3.05, 3.63) is 87.5 Å². The van der Waals surface area contributed by atoms with Crippen molar-refractivity contribution in [3.63, 3.8) is 0 Å². The lowest BCUT2D eigenvalue weighted by molar-refractivity contribution is 0.670. The van der Waals surface area contributed by atoms with Crippen molar-refractivity contribution in [1.82, 2.24) is 0 Å². The first-order valence-electron chi connectivity index (χ1n) is 14.1. The highest BCUT2D eigenvalue weighted by atomic mass is 32.1. The summed E-state index contributed by atoms with van der Waals surface area (Å²) >= 11 is 7.56. The van der Waals surface area contributed by atoms with Crippen LogP contribution in [0.2, 0.25) is 0 Å². The van der Waals surface area contributed by atoms with Crippen LogP contribution in [0.1, 0.15) is 104 Å². The number of unbranched alkanes of at least 4 members (excludes halogenated alkanes) is 6. The Balaban J connectivity index is 1.24. The van der Waals surface area contributed by atoms with Crippen molar-refractivity contribution in [3.8, 4) is 0 Å². The van der Waals surface area contributed by atoms with Crippen LogP contribution in [0.5, 0.6) is 0 Å². The van der Waals surface area contributed by atoms with Gasteiger partial charge in [-0.15, -0.1) is 45.3 Å². The molecule has 4 aromatic rings. The molecule has 0 fully saturated rings. The molecule has 38 heavy (non-hydrogen) atoms. The third-order valence-electron chi connectivity index (χ3n) is 6.45. The largest absolute Gasteiger partial charge is 0.141 e. The van der Waals surface area contributed by atoms with Crippen LogP contribution < -0.4 is 0 Å². The SMILES string of the molecule is CCCCCCc1ccc(/C=C/c2ccc(/C=C/c3ccc(/C=C/c4ccc(CCCCCC)s4)s3)s2)s1. The van der Waals surface area contributed by atoms with E-state index in [2.05, 4.69) is 98.8 Å². The van der Waals surface area contributed by atoms with Gasteiger partial charge in [-0.2, -0.15) is 0 Å². The van der Waals surface area contributed by atoms with E-state index in [9.17, 15) is 0 Å². The quantitative estimate of drug-likeness (QED) is 0.116. The molecule has 4 rings (SSSR count). The summed E-state index contributed by atoms with van der Waals surface area (Å²) in [5.74, 6) is 0. The van der Waals surface area contributed by atoms with Gasteiger partial charge in [0.05, 0.1) is 0 Å². The van der Waals surface area contributed by atoms with Crippen LogP contribution in [0.15, 0.2) is 48.5 Å². The second-order valence-electron chi connectivity index (χ2n) is 9.71. The lowest BCUT2D eigenvalue weighted by Crippen LogP contribution is -1.80. The van der Waals surface area contributed by atoms with Gasteiger partial charge in [0, 0.05) is 39.0 Å². The van der Waals surface area contributed by atoms with Gasteiger partial charge in [-0.25, -0.2) is 0 Å². The van der Waals surface area contributed by atoms with E-state index in [1.165, 1.54) is 103 Å². The minimum absolute atomic E-state index is 1.22. The predicted molar refractivity (Wildman–Crippen MR) is 180 cm³/mol. The fourth-order valence-electron chi connectivity index (χ4n) is 4.28. The molecule has 0 radical (unpaired) electrons. The van der Waals surface area contributed by atoms with Crippen molar-refractivity contribution in [1.29, 1.82) is 0 Å². The van der Waals surface area contributed by atoms with Crippen molar-refractivity contribution >= 4 is 81.8 Å². The molecule has 4 heteroatoms. The molecule has 0 unspecified atom stereocenters. The van der Waals surface area contributed by atoms with Gasteiger partial charge in [0.1, 0.15) is 0 Å². The zero-order chi connectivity index (χ0) is 26.4. The van der Waals surface area contributed by atoms with E-state index in [0.29, 0.717) is 0 Å². The molecular formula is C34H40S4. The Morgan fingerprint density at radius 2 is 0.711 bits per heavy atom. The number of hydrogen-bond donors (Lipinski definition) is 0. The molecular weight excluding hydrogens is 537 g/mol. The van der Waals surface area contributed by atoms with Crippen LogP contribution in [0.3, 0.4) is 0 Å². The van der Waals surface area contributed by atoms with E-state index in [-0.39, 0.29) is 0 Å². The van der Waals surface area contributed by atoms with Crippen LogP contribution >= 0.6 is 45.3 Å². The molecule has 0 saturated heterocycles. The average Bonchev–Trinajstić information content (AvgIpc) is 3.74. The molecule has 0 aliphatic rings. The molecule has 0 aromatic carbocycles. The minimum Gasteiger partial charge on any atom is -0.141 e. The fraction of sp³-hybridized carbons (Fsp3) is 0.353. The molecule has 0 amide bonds. The van der Waals surface area contributed by atoms with Gasteiger partial charge in [0.2, 0.25) is 0 Å². The lowest BCUT2D eigenvalue weighted by Gasteiger charge is -1.96. The van der Waals surface area contributed by atoms with Gasteiger partial charge < -0.3 is 0 Å². The number of rotatable bonds is 16. The maximum absolute atomic E-state index is 2.30. The van der Waals surface area contributed by atoms with Crippen LogP contribution in [0, 0.1) is 0 Å². The van der Waals surface area contributed by atoms with Crippen LogP contribution in [0.4, 0.5) is 0 Å². The predicted octanol–water partition coefficient (Wildman–Crippen LogP) is 12.7. The third kappa shape index (κ3) is 9.96. The van der Waals surface area contributed by atoms with E-state index in [1.54, 1.807) is 0 Å². The minimum atomic E-state index is 1.22. The van der Waals surface area contributed by atoms with Gasteiger partial charge in [-0.1, -0.05) is 52.4 Å². The van der Waals surface area contributed by atoms with E-state index in [1.807, 2.05) is 45.3 Å². The molecule has 0 saturated carbocycles. The summed E-state index contributed by atoms with van der Waals surface area (Å²) in [5, 5.41) is 0. The smallest absolute Gasteiger partial charge is 0.0277 e. The molecule has 0 bridgehead atoms. The lowest BCUT2D eigenvalue weighted by atomic mass is 10.1. The maximum atomic E-state index is 2.30. The zero-order valence-electron chi connectivity index (χ0n) is 22.8. The standard InChI is InChI=1S/C34H40S4/c1-3-5-7-9-11-27-13-15-29(35-27)17-19-31-21-23-33(37-31)25-26-34-24-22-32(38-34)20-18-30-16-14-28(36-30)12-10-8-6-4-2/h13-26H,3-12H2,1-2H3/b19-17+,20-18+,26-25+. The summed E-state index contributed by atoms with van der Waals surface area (Å²) in [5.41, 5.74) is 0. The summed E-state index contributed by atoms with van der Waals surface area (Å²) in [7, 11) is 0. The van der Waals surface area contributed by atoms with E-state index in [0.717, 1.165) is 0 Å². The second kappa shape index (κ2) is 16.2. The average molecular weight is 577 g/mol. The monoisotopic (exact) mass is 576 g/mol. The van der Waals surface area contributed by atoms with Gasteiger partial charge in [0.25, 0.3) is 0 Å². The first-order valence-corrected chi connectivity index (χ1v) is 17.4. The Morgan fingerprint density at radius 1 is 0.395 bits per heavy atom. The molecule has 4 heterocycles. The Kier molecular flexibility index (Phi) is 12.4. The molecule has 0 spiro atoms. The maximum Gasteiger partial charge on any atom is 0.0277 e. The summed E-state index contributed by atoms with van der Waals surface area (Å²) in [6.45, 7) is 4.54. The molecule has 200 valence electrons.